The number of hydrogen-bond acceptors (Lipinski definition) is 4. The monoisotopic (exact) mass is 331 g/mol. The predicted octanol–water partition coefficient (Wildman–Crippen LogP) is 3.90. The topological polar surface area (TPSA) is 30.9 Å². The summed E-state index contributed by atoms with van der Waals surface area (Å²) in [6, 6.07) is 0. The van der Waals surface area contributed by atoms with Gasteiger partial charge in [-0.2, -0.15) is 0 Å². The zero-order valence-corrected chi connectivity index (χ0v) is 15.2. The largest absolute Gasteiger partial charge is 0.497 e. The van der Waals surface area contributed by atoms with E-state index < -0.39 is 0 Å². The maximum absolute atomic E-state index is 5.90. The fourth-order valence-electron chi connectivity index (χ4n) is 5.42. The van der Waals surface area contributed by atoms with Gasteiger partial charge in [-0.25, -0.2) is 0 Å². The second-order valence-electron chi connectivity index (χ2n) is 7.38. The van der Waals surface area contributed by atoms with Crippen LogP contribution in [0.2, 0.25) is 0 Å². The highest BCUT2D eigenvalue weighted by Crippen LogP contribution is 2.55. The number of hydrogen-bond donors (Lipinski definition) is 0. The van der Waals surface area contributed by atoms with Crippen LogP contribution in [0.15, 0.2) is 34.3 Å². The summed E-state index contributed by atoms with van der Waals surface area (Å²) in [6.07, 6.45) is 11.9. The molecule has 2 aliphatic carbocycles. The fraction of sp³-hybridized carbons (Fsp3) is 0.700. The highest BCUT2D eigenvalue weighted by Gasteiger charge is 2.55. The van der Waals surface area contributed by atoms with Crippen LogP contribution in [-0.4, -0.2) is 44.5 Å². The Morgan fingerprint density at radius 2 is 1.83 bits per heavy atom. The first-order valence-electron chi connectivity index (χ1n) is 9.27. The van der Waals surface area contributed by atoms with Crippen molar-refractivity contribution in [3.63, 3.8) is 0 Å². The van der Waals surface area contributed by atoms with Crippen molar-refractivity contribution >= 4 is 0 Å². The molecule has 0 amide bonds. The van der Waals surface area contributed by atoms with E-state index in [1.807, 2.05) is 7.11 Å². The molecule has 2 heterocycles. The van der Waals surface area contributed by atoms with Crippen LogP contribution in [0.25, 0.3) is 0 Å². The number of allylic oxidation sites excluding steroid dienone is 2. The lowest BCUT2D eigenvalue weighted by atomic mass is 9.71. The molecular formula is C20H29NO3. The first-order chi connectivity index (χ1) is 11.7. The van der Waals surface area contributed by atoms with Crippen LogP contribution in [0.5, 0.6) is 0 Å². The van der Waals surface area contributed by atoms with Crippen LogP contribution < -0.4 is 0 Å². The molecule has 4 rings (SSSR count). The van der Waals surface area contributed by atoms with Crippen LogP contribution >= 0.6 is 0 Å². The van der Waals surface area contributed by atoms with E-state index in [1.54, 1.807) is 25.4 Å². The number of rotatable bonds is 3. The van der Waals surface area contributed by atoms with Gasteiger partial charge in [0.2, 0.25) is 0 Å². The maximum Gasteiger partial charge on any atom is 0.156 e. The Hall–Kier alpha value is -1.26. The SMILES string of the molecule is COC1=C(OC)CC23C(=C1)C[C@H](OC)N2CCCC1=C3CCCC1. The van der Waals surface area contributed by atoms with Crippen LogP contribution in [0, 0.1) is 0 Å². The summed E-state index contributed by atoms with van der Waals surface area (Å²) in [5.41, 5.74) is 4.81. The normalized spacial score (nSPS) is 33.5. The summed E-state index contributed by atoms with van der Waals surface area (Å²) in [4.78, 5) is 2.62. The van der Waals surface area contributed by atoms with Crippen molar-refractivity contribution in [2.24, 2.45) is 0 Å². The van der Waals surface area contributed by atoms with E-state index in [2.05, 4.69) is 11.0 Å². The van der Waals surface area contributed by atoms with E-state index in [9.17, 15) is 0 Å². The average Bonchev–Trinajstić information content (AvgIpc) is 2.85. The molecule has 1 spiro atoms. The minimum absolute atomic E-state index is 0.0275. The molecule has 0 aromatic rings. The second-order valence-corrected chi connectivity index (χ2v) is 7.38. The summed E-state index contributed by atoms with van der Waals surface area (Å²) < 4.78 is 17.3. The van der Waals surface area contributed by atoms with Gasteiger partial charge < -0.3 is 14.2 Å². The van der Waals surface area contributed by atoms with E-state index in [4.69, 9.17) is 14.2 Å². The lowest BCUT2D eigenvalue weighted by Gasteiger charge is -2.45. The predicted molar refractivity (Wildman–Crippen MR) is 93.3 cm³/mol. The van der Waals surface area contributed by atoms with Gasteiger partial charge in [0, 0.05) is 26.5 Å². The number of methoxy groups -OCH3 is 3. The molecule has 4 heteroatoms. The van der Waals surface area contributed by atoms with Gasteiger partial charge in [0.25, 0.3) is 0 Å². The quantitative estimate of drug-likeness (QED) is 0.734. The van der Waals surface area contributed by atoms with Crippen LogP contribution in [0.3, 0.4) is 0 Å². The van der Waals surface area contributed by atoms with Crippen molar-refractivity contribution < 1.29 is 14.2 Å². The highest BCUT2D eigenvalue weighted by atomic mass is 16.5. The summed E-state index contributed by atoms with van der Waals surface area (Å²) in [5.74, 6) is 1.86. The summed E-state index contributed by atoms with van der Waals surface area (Å²) in [6.45, 7) is 1.10. The lowest BCUT2D eigenvalue weighted by Crippen LogP contribution is -2.51. The minimum Gasteiger partial charge on any atom is -0.497 e. The molecule has 0 radical (unpaired) electrons. The van der Waals surface area contributed by atoms with E-state index in [0.717, 1.165) is 30.9 Å². The van der Waals surface area contributed by atoms with Crippen molar-refractivity contribution in [3.05, 3.63) is 34.3 Å². The molecule has 24 heavy (non-hydrogen) atoms. The molecule has 1 fully saturated rings. The molecule has 0 aromatic carbocycles. The number of ether oxygens (including phenoxy) is 3. The van der Waals surface area contributed by atoms with Gasteiger partial charge in [-0.15, -0.1) is 0 Å². The van der Waals surface area contributed by atoms with Gasteiger partial charge in [-0.05, 0) is 55.7 Å². The maximum atomic E-state index is 5.90. The van der Waals surface area contributed by atoms with Gasteiger partial charge in [-0.1, -0.05) is 5.57 Å². The summed E-state index contributed by atoms with van der Waals surface area (Å²) >= 11 is 0. The third-order valence-corrected chi connectivity index (χ3v) is 6.46. The Morgan fingerprint density at radius 3 is 2.58 bits per heavy atom. The van der Waals surface area contributed by atoms with Gasteiger partial charge in [-0.3, -0.25) is 4.90 Å². The Kier molecular flexibility index (Phi) is 4.21. The molecule has 132 valence electrons. The third kappa shape index (κ3) is 2.19. The highest BCUT2D eigenvalue weighted by molar-refractivity contribution is 5.50. The van der Waals surface area contributed by atoms with Crippen molar-refractivity contribution in [1.82, 2.24) is 4.90 Å². The van der Waals surface area contributed by atoms with Gasteiger partial charge >= 0.3 is 0 Å². The smallest absolute Gasteiger partial charge is 0.156 e. The third-order valence-electron chi connectivity index (χ3n) is 6.46. The molecule has 2 atom stereocenters. The van der Waals surface area contributed by atoms with E-state index in [0.29, 0.717) is 0 Å². The minimum atomic E-state index is -0.0275. The molecule has 0 saturated carbocycles. The zero-order chi connectivity index (χ0) is 16.7. The summed E-state index contributed by atoms with van der Waals surface area (Å²) in [7, 11) is 5.35. The molecule has 1 unspecified atom stereocenters. The van der Waals surface area contributed by atoms with Crippen LogP contribution in [-0.2, 0) is 14.2 Å². The van der Waals surface area contributed by atoms with E-state index in [-0.39, 0.29) is 11.8 Å². The van der Waals surface area contributed by atoms with Gasteiger partial charge in [0.15, 0.2) is 5.76 Å². The van der Waals surface area contributed by atoms with Crippen molar-refractivity contribution in [2.45, 2.75) is 63.1 Å². The van der Waals surface area contributed by atoms with Gasteiger partial charge in [0.1, 0.15) is 12.0 Å². The van der Waals surface area contributed by atoms with Crippen molar-refractivity contribution in [2.75, 3.05) is 27.9 Å². The fourth-order valence-corrected chi connectivity index (χ4v) is 5.42. The molecule has 0 bridgehead atoms. The second kappa shape index (κ2) is 6.23. The molecule has 0 N–H and O–H groups in total. The molecule has 1 saturated heterocycles. The summed E-state index contributed by atoms with van der Waals surface area (Å²) in [5, 5.41) is 0. The van der Waals surface area contributed by atoms with Crippen LogP contribution in [0.4, 0.5) is 0 Å². The van der Waals surface area contributed by atoms with Gasteiger partial charge in [0.05, 0.1) is 19.8 Å². The molecule has 2 aliphatic heterocycles. The standard InChI is InChI=1S/C20H29NO3/c1-22-17-11-15-12-19(24-3)21-10-6-8-14-7-4-5-9-16(14)20(15,21)13-18(17)23-2/h11,19H,4-10,12-13H2,1-3H3/t19-,20?/m0/s1. The molecule has 4 nitrogen and oxygen atoms in total. The Labute approximate surface area is 145 Å². The molecular weight excluding hydrogens is 302 g/mol. The Balaban J connectivity index is 1.88. The van der Waals surface area contributed by atoms with E-state index >= 15 is 0 Å². The average molecular weight is 331 g/mol. The Bertz CT molecular complexity index is 618. The van der Waals surface area contributed by atoms with E-state index in [1.165, 1.54) is 44.1 Å². The number of nitrogens with zero attached hydrogens (tertiary/aromatic N) is 1. The van der Waals surface area contributed by atoms with Crippen molar-refractivity contribution in [3.8, 4) is 0 Å². The first kappa shape index (κ1) is 16.2. The zero-order valence-electron chi connectivity index (χ0n) is 15.2. The van der Waals surface area contributed by atoms with Crippen LogP contribution in [0.1, 0.15) is 51.4 Å². The Morgan fingerprint density at radius 1 is 1.04 bits per heavy atom. The molecule has 0 aromatic heterocycles. The van der Waals surface area contributed by atoms with Crippen molar-refractivity contribution in [1.29, 1.82) is 0 Å². The lowest BCUT2D eigenvalue weighted by molar-refractivity contribution is -0.0400. The molecule has 4 aliphatic rings. The first-order valence-corrected chi connectivity index (χ1v) is 9.27.